The number of nitrogens with one attached hydrogen (secondary N) is 4. The molecule has 62 heavy (non-hydrogen) atoms. The fourth-order valence-electron chi connectivity index (χ4n) is 10.2. The van der Waals surface area contributed by atoms with Crippen LogP contribution in [0.2, 0.25) is 0 Å². The van der Waals surface area contributed by atoms with Gasteiger partial charge in [0.15, 0.2) is 0 Å². The molecule has 9 rings (SSSR count). The van der Waals surface area contributed by atoms with E-state index in [0.29, 0.717) is 12.5 Å². The maximum absolute atomic E-state index is 14.0. The fraction of sp³-hybridized carbons (Fsp3) is 0.458. The number of amides is 4. The van der Waals surface area contributed by atoms with Crippen LogP contribution < -0.4 is 10.6 Å². The van der Waals surface area contributed by atoms with Gasteiger partial charge in [-0.25, -0.2) is 19.6 Å². The molecule has 6 unspecified atom stereocenters. The van der Waals surface area contributed by atoms with E-state index in [1.807, 2.05) is 49.9 Å². The Balaban J connectivity index is 0.893. The Labute approximate surface area is 361 Å². The molecule has 4 amide bonds. The highest BCUT2D eigenvalue weighted by atomic mass is 16.5. The first kappa shape index (κ1) is 41.2. The molecule has 14 nitrogen and oxygen atoms in total. The van der Waals surface area contributed by atoms with Gasteiger partial charge in [0, 0.05) is 29.9 Å². The molecule has 1 spiro atoms. The number of aromatic nitrogens is 4. The van der Waals surface area contributed by atoms with Crippen molar-refractivity contribution in [3.63, 3.8) is 0 Å². The summed E-state index contributed by atoms with van der Waals surface area (Å²) < 4.78 is 9.65. The molecule has 324 valence electrons. The number of H-pyrrole nitrogens is 2. The molecule has 4 heterocycles. The zero-order chi connectivity index (χ0) is 43.4. The van der Waals surface area contributed by atoms with Gasteiger partial charge in [-0.05, 0) is 95.7 Å². The molecular formula is C48H56N8O6. The van der Waals surface area contributed by atoms with E-state index in [9.17, 15) is 19.2 Å². The van der Waals surface area contributed by atoms with E-state index in [2.05, 4.69) is 81.3 Å². The van der Waals surface area contributed by atoms with Gasteiger partial charge in [0.05, 0.1) is 43.9 Å². The Hall–Kier alpha value is -6.18. The Morgan fingerprint density at radius 3 is 2.03 bits per heavy atom. The lowest BCUT2D eigenvalue weighted by molar-refractivity contribution is -0.139. The molecule has 3 aromatic carbocycles. The van der Waals surface area contributed by atoms with Crippen molar-refractivity contribution >= 4 is 34.8 Å². The number of hydrogen-bond acceptors (Lipinski definition) is 8. The largest absolute Gasteiger partial charge is 0.453 e. The third-order valence-electron chi connectivity index (χ3n) is 13.8. The van der Waals surface area contributed by atoms with Crippen molar-refractivity contribution in [2.24, 2.45) is 23.2 Å². The summed E-state index contributed by atoms with van der Waals surface area (Å²) in [6.07, 6.45) is 8.50. The van der Waals surface area contributed by atoms with Gasteiger partial charge in [0.1, 0.15) is 23.7 Å². The molecule has 2 saturated heterocycles. The maximum atomic E-state index is 14.0. The van der Waals surface area contributed by atoms with Gasteiger partial charge in [0.25, 0.3) is 0 Å². The normalized spacial score (nSPS) is 22.1. The number of carbonyl (C=O) groups excluding carboxylic acids is 4. The number of imidazole rings is 2. The molecule has 0 radical (unpaired) electrons. The Morgan fingerprint density at radius 2 is 1.39 bits per heavy atom. The first-order valence-corrected chi connectivity index (χ1v) is 21.9. The van der Waals surface area contributed by atoms with Crippen LogP contribution in [0.25, 0.3) is 44.4 Å². The number of alkyl carbamates (subject to hydrolysis) is 2. The number of ether oxygens (including phenoxy) is 2. The second-order valence-electron chi connectivity index (χ2n) is 18.5. The topological polar surface area (TPSA) is 175 Å². The molecule has 2 aliphatic heterocycles. The van der Waals surface area contributed by atoms with Crippen molar-refractivity contribution in [2.45, 2.75) is 96.4 Å². The Bertz CT molecular complexity index is 2510. The first-order chi connectivity index (χ1) is 29.8. The van der Waals surface area contributed by atoms with Gasteiger partial charge in [-0.3, -0.25) is 9.59 Å². The SMILES string of the molecule is COC(=O)NC(C(=O)N1CC2(CC2)CC1c1nc(-c2ccc(-c3ccc4cc(-c5cnc(C6C7CCC(C7)N6C(=O)C(NC(=O)OC)C(C)C)[nH]5)ccc4c3)cc2)c[nH]1)C(C)C. The van der Waals surface area contributed by atoms with Gasteiger partial charge in [-0.15, -0.1) is 0 Å². The monoisotopic (exact) mass is 840 g/mol. The van der Waals surface area contributed by atoms with E-state index >= 15 is 0 Å². The van der Waals surface area contributed by atoms with Crippen molar-refractivity contribution in [3.05, 3.63) is 84.7 Å². The molecule has 4 aliphatic rings. The molecule has 2 bridgehead atoms. The Kier molecular flexibility index (Phi) is 10.8. The van der Waals surface area contributed by atoms with Crippen LogP contribution in [0.4, 0.5) is 9.59 Å². The highest BCUT2D eigenvalue weighted by molar-refractivity contribution is 5.91. The summed E-state index contributed by atoms with van der Waals surface area (Å²) in [7, 11) is 2.62. The molecule has 6 atom stereocenters. The molecule has 2 aliphatic carbocycles. The second-order valence-corrected chi connectivity index (χ2v) is 18.5. The highest BCUT2D eigenvalue weighted by Gasteiger charge is 2.55. The smallest absolute Gasteiger partial charge is 0.407 e. The summed E-state index contributed by atoms with van der Waals surface area (Å²) in [5, 5.41) is 7.73. The second kappa shape index (κ2) is 16.3. The van der Waals surface area contributed by atoms with Gasteiger partial charge in [0.2, 0.25) is 11.8 Å². The van der Waals surface area contributed by atoms with Crippen molar-refractivity contribution < 1.29 is 28.7 Å². The summed E-state index contributed by atoms with van der Waals surface area (Å²) in [4.78, 5) is 72.8. The lowest BCUT2D eigenvalue weighted by atomic mass is 9.95. The third kappa shape index (κ3) is 7.68. The van der Waals surface area contributed by atoms with Crippen LogP contribution in [0.1, 0.15) is 90.0 Å². The van der Waals surface area contributed by atoms with Crippen molar-refractivity contribution in [2.75, 3.05) is 20.8 Å². The zero-order valence-corrected chi connectivity index (χ0v) is 36.2. The average molecular weight is 841 g/mol. The fourth-order valence-corrected chi connectivity index (χ4v) is 10.2. The van der Waals surface area contributed by atoms with E-state index in [-0.39, 0.29) is 47.2 Å². The summed E-state index contributed by atoms with van der Waals surface area (Å²) in [5.74, 6) is 1.44. The standard InChI is InChI=1S/C48H56N8O6/c1-26(2)39(53-46(59)61-5)44(57)55-25-48(17-18-48)22-38(55)42-49-23-36(51-42)29-9-7-28(8-10-29)30-11-12-32-20-33(14-13-31(32)19-30)37-24-50-43(52-37)41-34-15-16-35(21-34)56(41)45(58)40(27(3)4)54-47(60)62-6/h7-14,19-20,23-24,26-27,34-35,38-41H,15-18,21-22,25H2,1-6H3,(H,49,51)(H,50,52)(H,53,59)(H,54,60). The molecule has 2 saturated carbocycles. The van der Waals surface area contributed by atoms with Crippen molar-refractivity contribution in [3.8, 4) is 33.6 Å². The number of hydrogen-bond donors (Lipinski definition) is 4. The van der Waals surface area contributed by atoms with Gasteiger partial charge >= 0.3 is 12.2 Å². The van der Waals surface area contributed by atoms with Crippen LogP contribution in [0.15, 0.2) is 73.1 Å². The summed E-state index contributed by atoms with van der Waals surface area (Å²) in [6, 6.07) is 19.6. The van der Waals surface area contributed by atoms with E-state index in [0.717, 1.165) is 94.6 Å². The highest BCUT2D eigenvalue weighted by Crippen LogP contribution is 2.58. The van der Waals surface area contributed by atoms with Crippen molar-refractivity contribution in [1.82, 2.24) is 40.4 Å². The molecule has 4 N–H and O–H groups in total. The van der Waals surface area contributed by atoms with Crippen LogP contribution in [0, 0.1) is 23.2 Å². The zero-order valence-electron chi connectivity index (χ0n) is 36.2. The number of methoxy groups -OCH3 is 2. The summed E-state index contributed by atoms with van der Waals surface area (Å²) >= 11 is 0. The van der Waals surface area contributed by atoms with Crippen LogP contribution >= 0.6 is 0 Å². The number of aromatic amines is 2. The molecule has 4 fully saturated rings. The third-order valence-corrected chi connectivity index (χ3v) is 13.8. The van der Waals surface area contributed by atoms with Crippen LogP contribution in [-0.2, 0) is 19.1 Å². The van der Waals surface area contributed by atoms with E-state index in [4.69, 9.17) is 19.4 Å². The van der Waals surface area contributed by atoms with E-state index in [1.165, 1.54) is 14.2 Å². The summed E-state index contributed by atoms with van der Waals surface area (Å²) in [6.45, 7) is 8.37. The number of rotatable bonds is 11. The number of fused-ring (bicyclic) bond motifs is 3. The lowest BCUT2D eigenvalue weighted by Gasteiger charge is -2.37. The number of nitrogens with zero attached hydrogens (tertiary/aromatic N) is 4. The van der Waals surface area contributed by atoms with Crippen molar-refractivity contribution in [1.29, 1.82) is 0 Å². The quantitative estimate of drug-likeness (QED) is 0.103. The molecule has 2 aromatic heterocycles. The van der Waals surface area contributed by atoms with E-state index < -0.39 is 24.3 Å². The van der Waals surface area contributed by atoms with E-state index in [1.54, 1.807) is 0 Å². The molecular weight excluding hydrogens is 785 g/mol. The van der Waals surface area contributed by atoms with Gasteiger partial charge in [-0.1, -0.05) is 76.2 Å². The molecule has 5 aromatic rings. The lowest BCUT2D eigenvalue weighted by Crippen LogP contribution is -2.54. The average Bonchev–Trinajstić information content (AvgIpc) is 3.91. The minimum atomic E-state index is -0.686. The predicted octanol–water partition coefficient (Wildman–Crippen LogP) is 8.15. The predicted molar refractivity (Wildman–Crippen MR) is 234 cm³/mol. The maximum Gasteiger partial charge on any atom is 0.407 e. The minimum absolute atomic E-state index is 0.0907. The summed E-state index contributed by atoms with van der Waals surface area (Å²) in [5.41, 5.74) is 5.99. The number of piperidine rings is 1. The van der Waals surface area contributed by atoms with Gasteiger partial charge in [-0.2, -0.15) is 0 Å². The minimum Gasteiger partial charge on any atom is -0.453 e. The van der Waals surface area contributed by atoms with Gasteiger partial charge < -0.3 is 39.9 Å². The Morgan fingerprint density at radius 1 is 0.774 bits per heavy atom. The number of benzene rings is 3. The number of likely N-dealkylation sites (tertiary alicyclic amines) is 2. The molecule has 14 heteroatoms. The van der Waals surface area contributed by atoms with Crippen LogP contribution in [0.5, 0.6) is 0 Å². The first-order valence-electron chi connectivity index (χ1n) is 21.9. The van der Waals surface area contributed by atoms with Crippen LogP contribution in [-0.4, -0.2) is 92.6 Å². The number of carbonyl (C=O) groups is 4. The van der Waals surface area contributed by atoms with Crippen LogP contribution in [0.3, 0.4) is 0 Å².